The summed E-state index contributed by atoms with van der Waals surface area (Å²) in [5.74, 6) is 0.104. The summed E-state index contributed by atoms with van der Waals surface area (Å²) in [6, 6.07) is 10.8. The first-order valence-electron chi connectivity index (χ1n) is 7.98. The molecular formula is C17H29Cl2N3O. The maximum absolute atomic E-state index is 11.9. The van der Waals surface area contributed by atoms with Crippen molar-refractivity contribution >= 4 is 30.7 Å². The van der Waals surface area contributed by atoms with Crippen molar-refractivity contribution in [3.63, 3.8) is 0 Å². The van der Waals surface area contributed by atoms with E-state index in [-0.39, 0.29) is 42.8 Å². The molecule has 23 heavy (non-hydrogen) atoms. The summed E-state index contributed by atoms with van der Waals surface area (Å²) in [5, 5.41) is 3.08. The summed E-state index contributed by atoms with van der Waals surface area (Å²) in [5.41, 5.74) is 6.98. The van der Waals surface area contributed by atoms with Crippen molar-refractivity contribution in [2.24, 2.45) is 5.73 Å². The average Bonchev–Trinajstić information content (AvgIpc) is 3.00. The van der Waals surface area contributed by atoms with E-state index in [1.165, 1.54) is 18.4 Å². The monoisotopic (exact) mass is 361 g/mol. The summed E-state index contributed by atoms with van der Waals surface area (Å²) in [6.45, 7) is 4.86. The van der Waals surface area contributed by atoms with Crippen LogP contribution in [0.2, 0.25) is 0 Å². The second-order valence-electron chi connectivity index (χ2n) is 5.99. The molecular weight excluding hydrogens is 333 g/mol. The fourth-order valence-electron chi connectivity index (χ4n) is 2.84. The lowest BCUT2D eigenvalue weighted by molar-refractivity contribution is -0.121. The zero-order valence-electron chi connectivity index (χ0n) is 13.7. The van der Waals surface area contributed by atoms with Gasteiger partial charge in [0.1, 0.15) is 0 Å². The van der Waals surface area contributed by atoms with Crippen molar-refractivity contribution in [3.8, 4) is 0 Å². The highest BCUT2D eigenvalue weighted by atomic mass is 35.5. The summed E-state index contributed by atoms with van der Waals surface area (Å²) in [4.78, 5) is 14.4. The minimum atomic E-state index is 0. The molecule has 0 saturated carbocycles. The zero-order chi connectivity index (χ0) is 15.1. The molecule has 1 fully saturated rings. The van der Waals surface area contributed by atoms with Gasteiger partial charge in [-0.1, -0.05) is 30.3 Å². The number of hydrogen-bond donors (Lipinski definition) is 2. The molecule has 2 unspecified atom stereocenters. The maximum Gasteiger partial charge on any atom is 0.220 e. The molecule has 0 radical (unpaired) electrons. The van der Waals surface area contributed by atoms with Crippen LogP contribution in [0.4, 0.5) is 0 Å². The molecule has 132 valence electrons. The van der Waals surface area contributed by atoms with Gasteiger partial charge in [-0.05, 0) is 44.8 Å². The van der Waals surface area contributed by atoms with Crippen LogP contribution >= 0.6 is 24.8 Å². The summed E-state index contributed by atoms with van der Waals surface area (Å²) >= 11 is 0. The normalized spacial score (nSPS) is 16.8. The number of rotatable bonds is 7. The van der Waals surface area contributed by atoms with Gasteiger partial charge in [-0.15, -0.1) is 24.8 Å². The van der Waals surface area contributed by atoms with E-state index in [4.69, 9.17) is 5.73 Å². The predicted molar refractivity (Wildman–Crippen MR) is 100 cm³/mol. The van der Waals surface area contributed by atoms with Gasteiger partial charge < -0.3 is 11.1 Å². The van der Waals surface area contributed by atoms with E-state index >= 15 is 0 Å². The summed E-state index contributed by atoms with van der Waals surface area (Å²) < 4.78 is 0. The molecule has 1 amide bonds. The third-order valence-electron chi connectivity index (χ3n) is 4.09. The highest BCUT2D eigenvalue weighted by Crippen LogP contribution is 2.24. The number of hydrogen-bond acceptors (Lipinski definition) is 3. The van der Waals surface area contributed by atoms with E-state index in [0.29, 0.717) is 13.0 Å². The van der Waals surface area contributed by atoms with Gasteiger partial charge in [-0.3, -0.25) is 9.69 Å². The molecule has 2 atom stereocenters. The molecule has 1 aromatic rings. The lowest BCUT2D eigenvalue weighted by Crippen LogP contribution is -2.37. The number of likely N-dealkylation sites (tertiary alicyclic amines) is 1. The Labute approximate surface area is 152 Å². The smallest absolute Gasteiger partial charge is 0.220 e. The van der Waals surface area contributed by atoms with Gasteiger partial charge in [0.2, 0.25) is 5.91 Å². The zero-order valence-corrected chi connectivity index (χ0v) is 15.4. The Balaban J connectivity index is 0.00000242. The van der Waals surface area contributed by atoms with Crippen LogP contribution < -0.4 is 11.1 Å². The second-order valence-corrected chi connectivity index (χ2v) is 5.99. The SMILES string of the molecule is CC(N)CCC(=O)NCC(c1ccccc1)N1CCCC1.Cl.Cl. The lowest BCUT2D eigenvalue weighted by atomic mass is 10.1. The molecule has 0 bridgehead atoms. The fraction of sp³-hybridized carbons (Fsp3) is 0.588. The van der Waals surface area contributed by atoms with Crippen molar-refractivity contribution in [2.45, 2.75) is 44.7 Å². The molecule has 0 aromatic heterocycles. The number of carbonyl (C=O) groups is 1. The Morgan fingerprint density at radius 3 is 2.39 bits per heavy atom. The van der Waals surface area contributed by atoms with Crippen LogP contribution in [0, 0.1) is 0 Å². The molecule has 4 nitrogen and oxygen atoms in total. The molecule has 1 aliphatic heterocycles. The summed E-state index contributed by atoms with van der Waals surface area (Å²) in [6.07, 6.45) is 3.76. The molecule has 1 saturated heterocycles. The highest BCUT2D eigenvalue weighted by Gasteiger charge is 2.23. The van der Waals surface area contributed by atoms with Gasteiger partial charge >= 0.3 is 0 Å². The fourth-order valence-corrected chi connectivity index (χ4v) is 2.84. The predicted octanol–water partition coefficient (Wildman–Crippen LogP) is 2.91. The quantitative estimate of drug-likeness (QED) is 0.784. The standard InChI is InChI=1S/C17H27N3O.2ClH/c1-14(18)9-10-17(21)19-13-16(20-11-5-6-12-20)15-7-3-2-4-8-15;;/h2-4,7-8,14,16H,5-6,9-13,18H2,1H3,(H,19,21);2*1H. The van der Waals surface area contributed by atoms with Gasteiger partial charge in [0.05, 0.1) is 6.04 Å². The Kier molecular flexibility index (Phi) is 11.3. The minimum Gasteiger partial charge on any atom is -0.354 e. The first kappa shape index (κ1) is 22.2. The van der Waals surface area contributed by atoms with Crippen molar-refractivity contribution in [1.29, 1.82) is 0 Å². The number of benzene rings is 1. The van der Waals surface area contributed by atoms with Crippen molar-refractivity contribution in [1.82, 2.24) is 10.2 Å². The molecule has 3 N–H and O–H groups in total. The third kappa shape index (κ3) is 7.53. The second kappa shape index (κ2) is 11.7. The number of amides is 1. The Morgan fingerprint density at radius 2 is 1.83 bits per heavy atom. The van der Waals surface area contributed by atoms with Gasteiger partial charge in [0.15, 0.2) is 0 Å². The minimum absolute atomic E-state index is 0. The number of nitrogens with zero attached hydrogens (tertiary/aromatic N) is 1. The van der Waals surface area contributed by atoms with Crippen molar-refractivity contribution < 1.29 is 4.79 Å². The van der Waals surface area contributed by atoms with Gasteiger partial charge in [0.25, 0.3) is 0 Å². The molecule has 1 aliphatic rings. The van der Waals surface area contributed by atoms with Crippen molar-refractivity contribution in [3.05, 3.63) is 35.9 Å². The van der Waals surface area contributed by atoms with Crippen LogP contribution in [0.5, 0.6) is 0 Å². The molecule has 6 heteroatoms. The number of nitrogens with two attached hydrogens (primary N) is 1. The van der Waals surface area contributed by atoms with E-state index in [2.05, 4.69) is 34.5 Å². The van der Waals surface area contributed by atoms with E-state index in [9.17, 15) is 4.79 Å². The maximum atomic E-state index is 11.9. The van der Waals surface area contributed by atoms with Crippen molar-refractivity contribution in [2.75, 3.05) is 19.6 Å². The van der Waals surface area contributed by atoms with Crippen LogP contribution in [-0.4, -0.2) is 36.5 Å². The van der Waals surface area contributed by atoms with Gasteiger partial charge in [-0.25, -0.2) is 0 Å². The summed E-state index contributed by atoms with van der Waals surface area (Å²) in [7, 11) is 0. The van der Waals surface area contributed by atoms with E-state index in [1.807, 2.05) is 13.0 Å². The van der Waals surface area contributed by atoms with Gasteiger partial charge in [-0.2, -0.15) is 0 Å². The molecule has 1 aromatic carbocycles. The average molecular weight is 362 g/mol. The van der Waals surface area contributed by atoms with E-state index in [0.717, 1.165) is 19.5 Å². The number of nitrogens with one attached hydrogen (secondary N) is 1. The molecule has 1 heterocycles. The van der Waals surface area contributed by atoms with Crippen LogP contribution in [0.3, 0.4) is 0 Å². The molecule has 2 rings (SSSR count). The van der Waals surface area contributed by atoms with Gasteiger partial charge in [0, 0.05) is 19.0 Å². The largest absolute Gasteiger partial charge is 0.354 e. The topological polar surface area (TPSA) is 58.4 Å². The number of halogens is 2. The van der Waals surface area contributed by atoms with Crippen LogP contribution in [0.1, 0.15) is 44.2 Å². The first-order valence-corrected chi connectivity index (χ1v) is 7.98. The lowest BCUT2D eigenvalue weighted by Gasteiger charge is -2.28. The molecule has 0 aliphatic carbocycles. The Morgan fingerprint density at radius 1 is 1.22 bits per heavy atom. The van der Waals surface area contributed by atoms with E-state index in [1.54, 1.807) is 0 Å². The Bertz CT molecular complexity index is 437. The Hall–Kier alpha value is -0.810. The first-order chi connectivity index (χ1) is 10.2. The van der Waals surface area contributed by atoms with Crippen LogP contribution in [0.25, 0.3) is 0 Å². The van der Waals surface area contributed by atoms with E-state index < -0.39 is 0 Å². The van der Waals surface area contributed by atoms with Crippen LogP contribution in [-0.2, 0) is 4.79 Å². The third-order valence-corrected chi connectivity index (χ3v) is 4.09. The highest BCUT2D eigenvalue weighted by molar-refractivity contribution is 5.85. The number of carbonyl (C=O) groups excluding carboxylic acids is 1. The molecule has 0 spiro atoms. The van der Waals surface area contributed by atoms with Crippen LogP contribution in [0.15, 0.2) is 30.3 Å².